The molecule has 1 aliphatic carbocycles. The van der Waals surface area contributed by atoms with E-state index in [1.807, 2.05) is 0 Å². The van der Waals surface area contributed by atoms with Crippen molar-refractivity contribution in [2.75, 3.05) is 7.11 Å². The van der Waals surface area contributed by atoms with Gasteiger partial charge in [-0.05, 0) is 36.5 Å². The summed E-state index contributed by atoms with van der Waals surface area (Å²) >= 11 is 3.24. The van der Waals surface area contributed by atoms with Gasteiger partial charge in [-0.3, -0.25) is 0 Å². The zero-order valence-corrected chi connectivity index (χ0v) is 13.6. The van der Waals surface area contributed by atoms with Crippen LogP contribution < -0.4 is 0 Å². The van der Waals surface area contributed by atoms with Crippen LogP contribution in [0.2, 0.25) is 0 Å². The first-order valence-corrected chi connectivity index (χ1v) is 7.93. The number of methoxy groups -OCH3 is 1. The summed E-state index contributed by atoms with van der Waals surface area (Å²) in [6.45, 7) is 2.18. The number of benzene rings is 1. The van der Waals surface area contributed by atoms with Crippen molar-refractivity contribution in [2.24, 2.45) is 5.92 Å². The Morgan fingerprint density at radius 1 is 1.55 bits per heavy atom. The fourth-order valence-corrected chi connectivity index (χ4v) is 3.58. The first-order chi connectivity index (χ1) is 9.47. The van der Waals surface area contributed by atoms with Gasteiger partial charge in [0.15, 0.2) is 0 Å². The van der Waals surface area contributed by atoms with E-state index in [4.69, 9.17) is 4.74 Å². The highest BCUT2D eigenvalue weighted by atomic mass is 79.9. The third-order valence-electron chi connectivity index (χ3n) is 4.43. The molecule has 0 aromatic heterocycles. The van der Waals surface area contributed by atoms with Gasteiger partial charge in [0.25, 0.3) is 0 Å². The predicted molar refractivity (Wildman–Crippen MR) is 81.2 cm³/mol. The van der Waals surface area contributed by atoms with Gasteiger partial charge in [0.05, 0.1) is 11.7 Å². The van der Waals surface area contributed by atoms with E-state index >= 15 is 0 Å². The number of aliphatic hydroxyl groups is 1. The lowest BCUT2D eigenvalue weighted by Gasteiger charge is -2.42. The topological polar surface area (TPSA) is 29.5 Å². The van der Waals surface area contributed by atoms with E-state index in [1.54, 1.807) is 19.2 Å². The number of aliphatic hydroxyl groups excluding tert-OH is 1. The van der Waals surface area contributed by atoms with E-state index in [2.05, 4.69) is 22.9 Å². The van der Waals surface area contributed by atoms with Gasteiger partial charge in [0, 0.05) is 18.0 Å². The van der Waals surface area contributed by atoms with Gasteiger partial charge in [0.1, 0.15) is 5.82 Å². The lowest BCUT2D eigenvalue weighted by molar-refractivity contribution is -0.131. The van der Waals surface area contributed by atoms with Gasteiger partial charge in [-0.25, -0.2) is 4.39 Å². The van der Waals surface area contributed by atoms with Crippen molar-refractivity contribution in [3.8, 4) is 0 Å². The Balaban J connectivity index is 2.14. The second kappa shape index (κ2) is 6.54. The van der Waals surface area contributed by atoms with Crippen LogP contribution in [0.3, 0.4) is 0 Å². The van der Waals surface area contributed by atoms with E-state index < -0.39 is 11.7 Å². The van der Waals surface area contributed by atoms with Crippen molar-refractivity contribution in [2.45, 2.75) is 50.7 Å². The van der Waals surface area contributed by atoms with E-state index in [1.165, 1.54) is 12.5 Å². The molecule has 1 N–H and O–H groups in total. The summed E-state index contributed by atoms with van der Waals surface area (Å²) in [4.78, 5) is 0. The molecule has 3 unspecified atom stereocenters. The molecule has 1 aromatic carbocycles. The Kier molecular flexibility index (Phi) is 5.21. The molecule has 112 valence electrons. The van der Waals surface area contributed by atoms with E-state index in [0.29, 0.717) is 22.4 Å². The largest absolute Gasteiger partial charge is 0.390 e. The molecule has 3 atom stereocenters. The summed E-state index contributed by atoms with van der Waals surface area (Å²) in [5.41, 5.74) is 0.00679. The maximum atomic E-state index is 13.9. The maximum Gasteiger partial charge on any atom is 0.127 e. The summed E-state index contributed by atoms with van der Waals surface area (Å²) in [6.07, 6.45) is 3.51. The number of hydrogen-bond acceptors (Lipinski definition) is 2. The average molecular weight is 345 g/mol. The Morgan fingerprint density at radius 3 is 2.90 bits per heavy atom. The summed E-state index contributed by atoms with van der Waals surface area (Å²) in [5.74, 6) is 0.252. The Bertz CT molecular complexity index is 466. The smallest absolute Gasteiger partial charge is 0.127 e. The van der Waals surface area contributed by atoms with Crippen molar-refractivity contribution in [3.63, 3.8) is 0 Å². The van der Waals surface area contributed by atoms with Gasteiger partial charge in [-0.1, -0.05) is 41.8 Å². The zero-order valence-electron chi connectivity index (χ0n) is 12.0. The molecular weight excluding hydrogens is 323 g/mol. The van der Waals surface area contributed by atoms with E-state index in [-0.39, 0.29) is 5.82 Å². The van der Waals surface area contributed by atoms with Crippen LogP contribution in [0.1, 0.15) is 38.2 Å². The molecule has 0 bridgehead atoms. The fourth-order valence-electron chi connectivity index (χ4n) is 3.25. The lowest BCUT2D eigenvalue weighted by atomic mass is 9.74. The van der Waals surface area contributed by atoms with Crippen LogP contribution in [-0.2, 0) is 11.2 Å². The zero-order chi connectivity index (χ0) is 14.8. The highest BCUT2D eigenvalue weighted by Gasteiger charge is 2.41. The van der Waals surface area contributed by atoms with Crippen molar-refractivity contribution in [1.29, 1.82) is 0 Å². The summed E-state index contributed by atoms with van der Waals surface area (Å²) in [6, 6.07) is 4.96. The Morgan fingerprint density at radius 2 is 2.30 bits per heavy atom. The summed E-state index contributed by atoms with van der Waals surface area (Å²) in [5, 5.41) is 10.6. The molecular formula is C16H22BrFO2. The summed E-state index contributed by atoms with van der Waals surface area (Å²) in [7, 11) is 1.65. The number of rotatable bonds is 4. The first-order valence-electron chi connectivity index (χ1n) is 7.14. The number of halogens is 2. The van der Waals surface area contributed by atoms with Crippen molar-refractivity contribution >= 4 is 15.9 Å². The maximum absolute atomic E-state index is 13.9. The third kappa shape index (κ3) is 3.41. The highest BCUT2D eigenvalue weighted by molar-refractivity contribution is 9.10. The normalized spacial score (nSPS) is 28.4. The molecule has 2 rings (SSSR count). The predicted octanol–water partition coefficient (Wildman–Crippen LogP) is 4.09. The van der Waals surface area contributed by atoms with Crippen molar-refractivity contribution in [1.82, 2.24) is 0 Å². The molecule has 2 nitrogen and oxygen atoms in total. The molecule has 0 saturated heterocycles. The first kappa shape index (κ1) is 15.9. The minimum atomic E-state index is -0.675. The quantitative estimate of drug-likeness (QED) is 0.891. The highest BCUT2D eigenvalue weighted by Crippen LogP contribution is 2.38. The standard InChI is InChI=1S/C16H22BrFO2/c1-11-4-3-7-16(10-11,20-2)15(19)8-12-5-6-13(17)9-14(12)18/h5-6,9,11,15,19H,3-4,7-8,10H2,1-2H3. The van der Waals surface area contributed by atoms with Crippen LogP contribution in [0.4, 0.5) is 4.39 Å². The molecule has 1 fully saturated rings. The molecule has 0 aliphatic heterocycles. The van der Waals surface area contributed by atoms with E-state index in [9.17, 15) is 9.50 Å². The molecule has 0 amide bonds. The minimum absolute atomic E-state index is 0.284. The van der Waals surface area contributed by atoms with Gasteiger partial charge < -0.3 is 9.84 Å². The monoisotopic (exact) mass is 344 g/mol. The number of ether oxygens (including phenoxy) is 1. The molecule has 1 aromatic rings. The van der Waals surface area contributed by atoms with E-state index in [0.717, 1.165) is 19.3 Å². The van der Waals surface area contributed by atoms with Gasteiger partial charge >= 0.3 is 0 Å². The molecule has 20 heavy (non-hydrogen) atoms. The Labute approximate surface area is 128 Å². The Hall–Kier alpha value is -0.450. The van der Waals surface area contributed by atoms with Gasteiger partial charge in [0.2, 0.25) is 0 Å². The van der Waals surface area contributed by atoms with Crippen LogP contribution in [0, 0.1) is 11.7 Å². The molecule has 1 saturated carbocycles. The van der Waals surface area contributed by atoms with Gasteiger partial charge in [-0.2, -0.15) is 0 Å². The van der Waals surface area contributed by atoms with Crippen LogP contribution in [-0.4, -0.2) is 23.9 Å². The molecule has 0 spiro atoms. The fraction of sp³-hybridized carbons (Fsp3) is 0.625. The van der Waals surface area contributed by atoms with Crippen molar-refractivity contribution < 1.29 is 14.2 Å². The van der Waals surface area contributed by atoms with Gasteiger partial charge in [-0.15, -0.1) is 0 Å². The molecule has 4 heteroatoms. The molecule has 1 aliphatic rings. The van der Waals surface area contributed by atoms with Crippen LogP contribution >= 0.6 is 15.9 Å². The third-order valence-corrected chi connectivity index (χ3v) is 4.93. The molecule has 0 radical (unpaired) electrons. The number of hydrogen-bond donors (Lipinski definition) is 1. The van der Waals surface area contributed by atoms with Crippen LogP contribution in [0.5, 0.6) is 0 Å². The van der Waals surface area contributed by atoms with Crippen LogP contribution in [0.15, 0.2) is 22.7 Å². The molecule has 0 heterocycles. The SMILES string of the molecule is COC1(C(O)Cc2ccc(Br)cc2F)CCCC(C)C1. The lowest BCUT2D eigenvalue weighted by Crippen LogP contribution is -2.48. The second-order valence-electron chi connectivity index (χ2n) is 5.93. The average Bonchev–Trinajstić information content (AvgIpc) is 2.41. The second-order valence-corrected chi connectivity index (χ2v) is 6.84. The summed E-state index contributed by atoms with van der Waals surface area (Å²) < 4.78 is 20.3. The minimum Gasteiger partial charge on any atom is -0.390 e. The van der Waals surface area contributed by atoms with Crippen LogP contribution in [0.25, 0.3) is 0 Å². The van der Waals surface area contributed by atoms with Crippen molar-refractivity contribution in [3.05, 3.63) is 34.1 Å².